The van der Waals surface area contributed by atoms with Crippen LogP contribution in [0, 0.1) is 5.82 Å². The molecule has 0 bridgehead atoms. The van der Waals surface area contributed by atoms with Crippen LogP contribution in [0.4, 0.5) is 4.39 Å². The first-order chi connectivity index (χ1) is 7.75. The molecular formula is C12H9ClFNO. The maximum absolute atomic E-state index is 13.2. The average Bonchev–Trinajstić information content (AvgIpc) is 2.28. The molecule has 1 aromatic carbocycles. The van der Waals surface area contributed by atoms with Gasteiger partial charge in [0.15, 0.2) is 0 Å². The number of rotatable bonds is 3. The van der Waals surface area contributed by atoms with Crippen molar-refractivity contribution < 1.29 is 9.13 Å². The van der Waals surface area contributed by atoms with Gasteiger partial charge in [-0.2, -0.15) is 0 Å². The minimum absolute atomic E-state index is 0.139. The molecule has 2 aromatic rings. The van der Waals surface area contributed by atoms with Gasteiger partial charge < -0.3 is 4.74 Å². The van der Waals surface area contributed by atoms with E-state index < -0.39 is 0 Å². The third-order valence-corrected chi connectivity index (χ3v) is 2.23. The highest BCUT2D eigenvalue weighted by Gasteiger charge is 2.02. The Kier molecular flexibility index (Phi) is 3.37. The van der Waals surface area contributed by atoms with E-state index in [4.69, 9.17) is 16.3 Å². The van der Waals surface area contributed by atoms with Crippen LogP contribution in [0.15, 0.2) is 42.5 Å². The largest absolute Gasteiger partial charge is 0.473 e. The zero-order chi connectivity index (χ0) is 11.4. The van der Waals surface area contributed by atoms with Crippen LogP contribution in [0.5, 0.6) is 5.88 Å². The normalized spacial score (nSPS) is 10.1. The van der Waals surface area contributed by atoms with Crippen molar-refractivity contribution in [1.82, 2.24) is 4.98 Å². The van der Waals surface area contributed by atoms with Crippen LogP contribution in [0.25, 0.3) is 0 Å². The van der Waals surface area contributed by atoms with Gasteiger partial charge in [0.05, 0.1) is 0 Å². The van der Waals surface area contributed by atoms with Crippen LogP contribution in [0.3, 0.4) is 0 Å². The van der Waals surface area contributed by atoms with Crippen molar-refractivity contribution in [3.8, 4) is 5.88 Å². The van der Waals surface area contributed by atoms with Gasteiger partial charge in [0.1, 0.15) is 17.6 Å². The molecule has 0 saturated carbocycles. The van der Waals surface area contributed by atoms with Gasteiger partial charge in [0.25, 0.3) is 0 Å². The van der Waals surface area contributed by atoms with E-state index in [0.717, 1.165) is 0 Å². The zero-order valence-electron chi connectivity index (χ0n) is 8.36. The first-order valence-electron chi connectivity index (χ1n) is 4.74. The summed E-state index contributed by atoms with van der Waals surface area (Å²) < 4.78 is 18.6. The number of hydrogen-bond acceptors (Lipinski definition) is 2. The molecule has 0 spiro atoms. The quantitative estimate of drug-likeness (QED) is 0.763. The number of aromatic nitrogens is 1. The Morgan fingerprint density at radius 3 is 2.69 bits per heavy atom. The molecule has 0 aliphatic heterocycles. The third-order valence-electron chi connectivity index (χ3n) is 2.02. The summed E-state index contributed by atoms with van der Waals surface area (Å²) in [5.74, 6) is 0.0975. The molecule has 16 heavy (non-hydrogen) atoms. The minimum atomic E-state index is -0.287. The Balaban J connectivity index is 2.05. The summed E-state index contributed by atoms with van der Waals surface area (Å²) in [6.45, 7) is 0.139. The summed E-state index contributed by atoms with van der Waals surface area (Å²) in [5, 5.41) is 0.353. The lowest BCUT2D eigenvalue weighted by molar-refractivity contribution is 0.288. The van der Waals surface area contributed by atoms with E-state index in [2.05, 4.69) is 4.98 Å². The van der Waals surface area contributed by atoms with Crippen molar-refractivity contribution in [2.45, 2.75) is 6.61 Å². The van der Waals surface area contributed by atoms with E-state index in [9.17, 15) is 4.39 Å². The second kappa shape index (κ2) is 4.94. The van der Waals surface area contributed by atoms with Crippen LogP contribution in [0.2, 0.25) is 5.15 Å². The maximum Gasteiger partial charge on any atom is 0.214 e. The monoisotopic (exact) mass is 237 g/mol. The van der Waals surface area contributed by atoms with E-state index in [1.54, 1.807) is 36.4 Å². The van der Waals surface area contributed by atoms with Gasteiger partial charge >= 0.3 is 0 Å². The lowest BCUT2D eigenvalue weighted by atomic mass is 10.2. The summed E-state index contributed by atoms with van der Waals surface area (Å²) in [6, 6.07) is 11.5. The standard InChI is InChI=1S/C12H9ClFNO/c13-11-6-3-7-12(15-11)16-8-9-4-1-2-5-10(9)14/h1-7H,8H2. The Hall–Kier alpha value is -1.61. The fourth-order valence-corrected chi connectivity index (χ4v) is 1.39. The summed E-state index contributed by atoms with van der Waals surface area (Å²) in [5.41, 5.74) is 0.490. The summed E-state index contributed by atoms with van der Waals surface area (Å²) in [6.07, 6.45) is 0. The van der Waals surface area contributed by atoms with E-state index in [1.807, 2.05) is 0 Å². The molecule has 0 N–H and O–H groups in total. The Labute approximate surface area is 97.7 Å². The Bertz CT molecular complexity index is 490. The molecule has 0 aliphatic carbocycles. The van der Waals surface area contributed by atoms with Gasteiger partial charge in [-0.25, -0.2) is 9.37 Å². The van der Waals surface area contributed by atoms with Crippen molar-refractivity contribution in [3.63, 3.8) is 0 Å². The first-order valence-corrected chi connectivity index (χ1v) is 5.12. The van der Waals surface area contributed by atoms with Crippen LogP contribution in [-0.4, -0.2) is 4.98 Å². The highest BCUT2D eigenvalue weighted by molar-refractivity contribution is 6.29. The molecule has 0 unspecified atom stereocenters. The predicted octanol–water partition coefficient (Wildman–Crippen LogP) is 3.45. The number of nitrogens with zero attached hydrogens (tertiary/aromatic N) is 1. The molecule has 0 aliphatic rings. The Morgan fingerprint density at radius 1 is 1.12 bits per heavy atom. The summed E-state index contributed by atoms with van der Waals surface area (Å²) in [4.78, 5) is 3.94. The van der Waals surface area contributed by atoms with E-state index in [0.29, 0.717) is 16.6 Å². The second-order valence-corrected chi connectivity index (χ2v) is 3.57. The van der Waals surface area contributed by atoms with Crippen LogP contribution in [0.1, 0.15) is 5.56 Å². The SMILES string of the molecule is Fc1ccccc1COc1cccc(Cl)n1. The van der Waals surface area contributed by atoms with Crippen LogP contribution < -0.4 is 4.74 Å². The fourth-order valence-electron chi connectivity index (χ4n) is 1.24. The molecule has 1 aromatic heterocycles. The predicted molar refractivity (Wildman–Crippen MR) is 60.0 cm³/mol. The van der Waals surface area contributed by atoms with Gasteiger partial charge in [-0.3, -0.25) is 0 Å². The van der Waals surface area contributed by atoms with Crippen molar-refractivity contribution >= 4 is 11.6 Å². The summed E-state index contributed by atoms with van der Waals surface area (Å²) >= 11 is 5.69. The van der Waals surface area contributed by atoms with Crippen molar-refractivity contribution in [3.05, 3.63) is 59.0 Å². The van der Waals surface area contributed by atoms with Crippen LogP contribution >= 0.6 is 11.6 Å². The highest BCUT2D eigenvalue weighted by atomic mass is 35.5. The van der Waals surface area contributed by atoms with Gasteiger partial charge in [-0.05, 0) is 12.1 Å². The molecule has 0 fully saturated rings. The molecule has 2 rings (SSSR count). The highest BCUT2D eigenvalue weighted by Crippen LogP contribution is 2.14. The number of ether oxygens (including phenoxy) is 1. The average molecular weight is 238 g/mol. The van der Waals surface area contributed by atoms with Crippen molar-refractivity contribution in [1.29, 1.82) is 0 Å². The van der Waals surface area contributed by atoms with Crippen LogP contribution in [-0.2, 0) is 6.61 Å². The maximum atomic E-state index is 13.2. The smallest absolute Gasteiger partial charge is 0.214 e. The minimum Gasteiger partial charge on any atom is -0.473 e. The van der Waals surface area contributed by atoms with E-state index >= 15 is 0 Å². The lowest BCUT2D eigenvalue weighted by Gasteiger charge is -2.05. The summed E-state index contributed by atoms with van der Waals surface area (Å²) in [7, 11) is 0. The number of hydrogen-bond donors (Lipinski definition) is 0. The second-order valence-electron chi connectivity index (χ2n) is 3.18. The number of halogens is 2. The molecule has 82 valence electrons. The van der Waals surface area contributed by atoms with Gasteiger partial charge in [-0.15, -0.1) is 0 Å². The van der Waals surface area contributed by atoms with Gasteiger partial charge in [-0.1, -0.05) is 35.9 Å². The van der Waals surface area contributed by atoms with Gasteiger partial charge in [0, 0.05) is 11.6 Å². The molecular weight excluding hydrogens is 229 g/mol. The molecule has 0 atom stereocenters. The molecule has 0 amide bonds. The van der Waals surface area contributed by atoms with Gasteiger partial charge in [0.2, 0.25) is 5.88 Å². The van der Waals surface area contributed by atoms with E-state index in [1.165, 1.54) is 6.07 Å². The Morgan fingerprint density at radius 2 is 1.94 bits per heavy atom. The third kappa shape index (κ3) is 2.70. The van der Waals surface area contributed by atoms with Crippen molar-refractivity contribution in [2.24, 2.45) is 0 Å². The number of benzene rings is 1. The molecule has 1 heterocycles. The lowest BCUT2D eigenvalue weighted by Crippen LogP contribution is -1.99. The van der Waals surface area contributed by atoms with Crippen molar-refractivity contribution in [2.75, 3.05) is 0 Å². The first kappa shape index (κ1) is 10.9. The number of pyridine rings is 1. The fraction of sp³-hybridized carbons (Fsp3) is 0.0833. The zero-order valence-corrected chi connectivity index (χ0v) is 9.12. The molecule has 0 radical (unpaired) electrons. The topological polar surface area (TPSA) is 22.1 Å². The molecule has 4 heteroatoms. The molecule has 2 nitrogen and oxygen atoms in total. The van der Waals surface area contributed by atoms with E-state index in [-0.39, 0.29) is 12.4 Å². The molecule has 0 saturated heterocycles.